The Balaban J connectivity index is 1.75. The lowest BCUT2D eigenvalue weighted by molar-refractivity contribution is -0.199. The van der Waals surface area contributed by atoms with Crippen LogP contribution in [0.25, 0.3) is 23.4 Å². The zero-order valence-electron chi connectivity index (χ0n) is 17.9. The highest BCUT2D eigenvalue weighted by molar-refractivity contribution is 5.98. The number of amides is 1. The molecule has 0 atom stereocenters. The van der Waals surface area contributed by atoms with Crippen molar-refractivity contribution in [3.05, 3.63) is 76.2 Å². The van der Waals surface area contributed by atoms with Gasteiger partial charge in [-0.15, -0.1) is 0 Å². The van der Waals surface area contributed by atoms with Gasteiger partial charge in [0.15, 0.2) is 0 Å². The molecule has 0 bridgehead atoms. The molecule has 1 N–H and O–H groups in total. The molecule has 0 saturated heterocycles. The molecule has 0 radical (unpaired) electrons. The van der Waals surface area contributed by atoms with Crippen molar-refractivity contribution < 1.29 is 27.6 Å². The molecular formula is C24H20F3N3O3. The Bertz CT molecular complexity index is 1260. The molecule has 6 nitrogen and oxygen atoms in total. The Morgan fingerprint density at radius 2 is 1.88 bits per heavy atom. The number of hydrogen-bond donors (Lipinski definition) is 1. The third-order valence-corrected chi connectivity index (χ3v) is 5.39. The van der Waals surface area contributed by atoms with E-state index in [0.29, 0.717) is 11.3 Å². The van der Waals surface area contributed by atoms with E-state index in [1.807, 2.05) is 38.1 Å². The maximum atomic E-state index is 12.9. The largest absolute Gasteiger partial charge is 0.493 e. The van der Waals surface area contributed by atoms with Gasteiger partial charge in [-0.05, 0) is 54.8 Å². The van der Waals surface area contributed by atoms with Gasteiger partial charge in [0.25, 0.3) is 5.91 Å². The lowest BCUT2D eigenvalue weighted by atomic mass is 10.0. The highest BCUT2D eigenvalue weighted by Gasteiger charge is 2.43. The molecule has 0 fully saturated rings. The van der Waals surface area contributed by atoms with Gasteiger partial charge in [0.05, 0.1) is 22.6 Å². The van der Waals surface area contributed by atoms with Crippen molar-refractivity contribution in [2.24, 2.45) is 0 Å². The molecule has 0 saturated carbocycles. The third kappa shape index (κ3) is 4.52. The summed E-state index contributed by atoms with van der Waals surface area (Å²) in [4.78, 5) is 32.8. The number of nitrogens with zero attached hydrogens (tertiary/aromatic N) is 2. The molecule has 1 amide bonds. The first-order valence-corrected chi connectivity index (χ1v) is 10.2. The van der Waals surface area contributed by atoms with Crippen molar-refractivity contribution in [2.75, 3.05) is 6.54 Å². The van der Waals surface area contributed by atoms with Gasteiger partial charge < -0.3 is 10.2 Å². The quantitative estimate of drug-likeness (QED) is 0.642. The predicted octanol–water partition coefficient (Wildman–Crippen LogP) is 4.14. The maximum absolute atomic E-state index is 12.9. The van der Waals surface area contributed by atoms with E-state index in [2.05, 4.69) is 15.1 Å². The summed E-state index contributed by atoms with van der Waals surface area (Å²) >= 11 is 0. The Kier molecular flexibility index (Phi) is 5.80. The van der Waals surface area contributed by atoms with E-state index in [1.54, 1.807) is 18.2 Å². The molecule has 1 aliphatic heterocycles. The Morgan fingerprint density at radius 1 is 1.15 bits per heavy atom. The van der Waals surface area contributed by atoms with Crippen LogP contribution in [-0.4, -0.2) is 34.3 Å². The molecule has 4 rings (SSSR count). The Hall–Kier alpha value is -3.88. The second-order valence-corrected chi connectivity index (χ2v) is 7.67. The molecule has 9 heteroatoms. The van der Waals surface area contributed by atoms with Crippen molar-refractivity contribution in [1.82, 2.24) is 15.0 Å². The van der Waals surface area contributed by atoms with Gasteiger partial charge in [0, 0.05) is 24.7 Å². The van der Waals surface area contributed by atoms with Crippen molar-refractivity contribution >= 4 is 24.0 Å². The van der Waals surface area contributed by atoms with Crippen LogP contribution in [0.2, 0.25) is 0 Å². The van der Waals surface area contributed by atoms with E-state index in [9.17, 15) is 22.8 Å². The summed E-state index contributed by atoms with van der Waals surface area (Å²) in [7, 11) is 0. The number of fused-ring (bicyclic) bond motifs is 1. The molecule has 170 valence electrons. The molecule has 2 aromatic heterocycles. The van der Waals surface area contributed by atoms with Crippen molar-refractivity contribution in [3.63, 3.8) is 0 Å². The van der Waals surface area contributed by atoms with Gasteiger partial charge in [0.1, 0.15) is 0 Å². The molecule has 1 aliphatic rings. The standard InChI is InChI=1S/C24H20F3N3O3/c1-14-4-3-5-15(2)18(14)7-6-17-12-16(8-10-28-17)21-13-19-20(9-11-29-22(19)31)30(21)33-23(32)24(25,26)27/h3-8,10,12-13H,9,11H2,1-2H3,(H,29,31)/b7-6-. The summed E-state index contributed by atoms with van der Waals surface area (Å²) in [6.45, 7) is 4.21. The Labute approximate surface area is 187 Å². The van der Waals surface area contributed by atoms with E-state index < -0.39 is 18.1 Å². The van der Waals surface area contributed by atoms with Crippen LogP contribution in [0.15, 0.2) is 42.6 Å². The summed E-state index contributed by atoms with van der Waals surface area (Å²) in [5.74, 6) is -2.80. The number of halogens is 3. The number of nitrogens with one attached hydrogen (secondary N) is 1. The lowest BCUT2D eigenvalue weighted by Crippen LogP contribution is -2.37. The first kappa shape index (κ1) is 22.3. The number of rotatable bonds is 4. The van der Waals surface area contributed by atoms with Crippen LogP contribution < -0.4 is 10.2 Å². The van der Waals surface area contributed by atoms with E-state index in [-0.39, 0.29) is 29.9 Å². The molecule has 0 aliphatic carbocycles. The van der Waals surface area contributed by atoms with Gasteiger partial charge in [0.2, 0.25) is 0 Å². The van der Waals surface area contributed by atoms with E-state index >= 15 is 0 Å². The van der Waals surface area contributed by atoms with Crippen molar-refractivity contribution in [3.8, 4) is 11.3 Å². The average Bonchev–Trinajstić information content (AvgIpc) is 3.13. The highest BCUT2D eigenvalue weighted by Crippen LogP contribution is 2.29. The van der Waals surface area contributed by atoms with Gasteiger partial charge >= 0.3 is 12.1 Å². The molecule has 3 heterocycles. The SMILES string of the molecule is Cc1cccc(C)c1/C=C\c1cc(-c2cc3c(n2OC(=O)C(F)(F)F)CCNC3=O)ccn1. The fourth-order valence-corrected chi connectivity index (χ4v) is 3.75. The Morgan fingerprint density at radius 3 is 2.58 bits per heavy atom. The van der Waals surface area contributed by atoms with Crippen LogP contribution in [0.4, 0.5) is 13.2 Å². The summed E-state index contributed by atoms with van der Waals surface area (Å²) in [5.41, 5.74) is 4.74. The number of hydrogen-bond acceptors (Lipinski definition) is 4. The zero-order chi connectivity index (χ0) is 23.8. The molecule has 1 aromatic carbocycles. The minimum Gasteiger partial charge on any atom is -0.352 e. The number of aryl methyl sites for hydroxylation is 2. The molecule has 0 unspecified atom stereocenters. The van der Waals surface area contributed by atoms with Crippen LogP contribution in [-0.2, 0) is 11.2 Å². The third-order valence-electron chi connectivity index (χ3n) is 5.39. The van der Waals surface area contributed by atoms with Gasteiger partial charge in [-0.2, -0.15) is 17.9 Å². The summed E-state index contributed by atoms with van der Waals surface area (Å²) in [6, 6.07) is 10.6. The van der Waals surface area contributed by atoms with E-state index in [1.165, 1.54) is 12.3 Å². The molecule has 3 aromatic rings. The molecular weight excluding hydrogens is 435 g/mol. The second-order valence-electron chi connectivity index (χ2n) is 7.67. The topological polar surface area (TPSA) is 73.2 Å². The number of carbonyl (C=O) groups excluding carboxylic acids is 2. The summed E-state index contributed by atoms with van der Waals surface area (Å²) in [6.07, 6.45) is 0.250. The van der Waals surface area contributed by atoms with Crippen LogP contribution in [0, 0.1) is 13.8 Å². The van der Waals surface area contributed by atoms with Gasteiger partial charge in [-0.1, -0.05) is 24.3 Å². The van der Waals surface area contributed by atoms with Crippen molar-refractivity contribution in [1.29, 1.82) is 0 Å². The number of carbonyl (C=O) groups is 2. The van der Waals surface area contributed by atoms with Crippen LogP contribution in [0.1, 0.15) is 38.4 Å². The number of pyridine rings is 1. The predicted molar refractivity (Wildman–Crippen MR) is 116 cm³/mol. The first-order valence-electron chi connectivity index (χ1n) is 10.2. The number of alkyl halides is 3. The van der Waals surface area contributed by atoms with Crippen molar-refractivity contribution in [2.45, 2.75) is 26.4 Å². The van der Waals surface area contributed by atoms with Crippen LogP contribution in [0.5, 0.6) is 0 Å². The van der Waals surface area contributed by atoms with Crippen LogP contribution in [0.3, 0.4) is 0 Å². The lowest BCUT2D eigenvalue weighted by Gasteiger charge is -2.17. The van der Waals surface area contributed by atoms with Crippen LogP contribution >= 0.6 is 0 Å². The summed E-state index contributed by atoms with van der Waals surface area (Å²) in [5, 5.41) is 2.64. The number of benzene rings is 1. The number of aromatic nitrogens is 2. The van der Waals surface area contributed by atoms with Gasteiger partial charge in [-0.3, -0.25) is 9.78 Å². The van der Waals surface area contributed by atoms with E-state index in [0.717, 1.165) is 21.4 Å². The summed E-state index contributed by atoms with van der Waals surface area (Å²) < 4.78 is 39.5. The zero-order valence-corrected chi connectivity index (χ0v) is 17.9. The smallest absolute Gasteiger partial charge is 0.352 e. The van der Waals surface area contributed by atoms with E-state index in [4.69, 9.17) is 0 Å². The fraction of sp³-hybridized carbons (Fsp3) is 0.208. The maximum Gasteiger partial charge on any atom is 0.493 e. The first-order chi connectivity index (χ1) is 15.6. The molecule has 0 spiro atoms. The molecule has 33 heavy (non-hydrogen) atoms. The minimum atomic E-state index is -5.18. The highest BCUT2D eigenvalue weighted by atomic mass is 19.4. The normalized spacial score (nSPS) is 13.7. The second kappa shape index (κ2) is 8.57. The monoisotopic (exact) mass is 455 g/mol. The minimum absolute atomic E-state index is 0.152. The van der Waals surface area contributed by atoms with Gasteiger partial charge in [-0.25, -0.2) is 4.79 Å². The average molecular weight is 455 g/mol. The fourth-order valence-electron chi connectivity index (χ4n) is 3.75.